The van der Waals surface area contributed by atoms with Crippen LogP contribution in [0.4, 0.5) is 0 Å². The Labute approximate surface area is 213 Å². The average Bonchev–Trinajstić information content (AvgIpc) is 2.90. The van der Waals surface area contributed by atoms with Gasteiger partial charge in [0, 0.05) is 17.6 Å². The van der Waals surface area contributed by atoms with E-state index in [-0.39, 0.29) is 10.9 Å². The molecule has 3 aromatic rings. The maximum atomic E-state index is 14.1. The van der Waals surface area contributed by atoms with E-state index < -0.39 is 16.2 Å². The molecule has 1 unspecified atom stereocenters. The Kier molecular flexibility index (Phi) is 6.96. The van der Waals surface area contributed by atoms with Crippen molar-refractivity contribution in [1.82, 2.24) is 9.31 Å². The molecule has 0 aromatic heterocycles. The molecule has 0 bridgehead atoms. The molecule has 1 aliphatic heterocycles. The molecule has 1 atom stereocenters. The van der Waals surface area contributed by atoms with Crippen molar-refractivity contribution in [3.8, 4) is 0 Å². The summed E-state index contributed by atoms with van der Waals surface area (Å²) in [7, 11) is -3.93. The fourth-order valence-electron chi connectivity index (χ4n) is 5.07. The molecule has 3 aromatic carbocycles. The molecule has 5 rings (SSSR count). The third-order valence-electron chi connectivity index (χ3n) is 6.96. The first kappa shape index (κ1) is 24.0. The van der Waals surface area contributed by atoms with E-state index in [1.54, 1.807) is 12.1 Å². The molecule has 0 N–H and O–H groups in total. The van der Waals surface area contributed by atoms with Crippen LogP contribution in [0.25, 0.3) is 0 Å². The Morgan fingerprint density at radius 3 is 2.17 bits per heavy atom. The van der Waals surface area contributed by atoms with Gasteiger partial charge >= 0.3 is 0 Å². The number of hydrazone groups is 1. The second-order valence-electron chi connectivity index (χ2n) is 9.39. The zero-order valence-electron chi connectivity index (χ0n) is 19.8. The zero-order valence-corrected chi connectivity index (χ0v) is 21.4. The lowest BCUT2D eigenvalue weighted by Gasteiger charge is -2.46. The van der Waals surface area contributed by atoms with Crippen molar-refractivity contribution >= 4 is 27.3 Å². The Morgan fingerprint density at radius 2 is 1.51 bits per heavy atom. The topological polar surface area (TPSA) is 53.0 Å². The Balaban J connectivity index is 1.68. The monoisotopic (exact) mass is 507 g/mol. The number of hydrogen-bond acceptors (Lipinski definition) is 4. The first-order chi connectivity index (χ1) is 16.9. The maximum absolute atomic E-state index is 14.1. The highest BCUT2D eigenvalue weighted by molar-refractivity contribution is 7.89. The van der Waals surface area contributed by atoms with Gasteiger partial charge in [0.2, 0.25) is 0 Å². The minimum Gasteiger partial charge on any atom is -0.268 e. The Morgan fingerprint density at radius 1 is 0.857 bits per heavy atom. The second-order valence-corrected chi connectivity index (χ2v) is 11.6. The molecule has 1 fully saturated rings. The lowest BCUT2D eigenvalue weighted by atomic mass is 9.92. The summed E-state index contributed by atoms with van der Waals surface area (Å²) in [5, 5.41) is 5.46. The number of aryl methyl sites for hydroxylation is 1. The SMILES string of the molecule is Cc1ccc(S(=O)(=O)N2N=C(c3ccccc3)CN(C3CCCCC3)C2c2ccc(Cl)cc2)cc1. The quantitative estimate of drug-likeness (QED) is 0.402. The highest BCUT2D eigenvalue weighted by Crippen LogP contribution is 2.39. The summed E-state index contributed by atoms with van der Waals surface area (Å²) in [6.45, 7) is 2.53. The highest BCUT2D eigenvalue weighted by Gasteiger charge is 2.42. The lowest BCUT2D eigenvalue weighted by molar-refractivity contribution is 0.0443. The van der Waals surface area contributed by atoms with E-state index in [0.29, 0.717) is 11.6 Å². The fraction of sp³-hybridized carbons (Fsp3) is 0.321. The minimum absolute atomic E-state index is 0.240. The summed E-state index contributed by atoms with van der Waals surface area (Å²) >= 11 is 6.20. The number of halogens is 1. The van der Waals surface area contributed by atoms with Gasteiger partial charge in [0.1, 0.15) is 6.17 Å². The molecule has 35 heavy (non-hydrogen) atoms. The van der Waals surface area contributed by atoms with Crippen LogP contribution in [0.2, 0.25) is 5.02 Å². The maximum Gasteiger partial charge on any atom is 0.280 e. The second kappa shape index (κ2) is 10.1. The van der Waals surface area contributed by atoms with Crippen LogP contribution in [-0.4, -0.2) is 36.0 Å². The Hall–Kier alpha value is -2.67. The summed E-state index contributed by atoms with van der Waals surface area (Å²) in [6, 6.07) is 24.6. The normalized spacial score (nSPS) is 20.0. The van der Waals surface area contributed by atoms with Gasteiger partial charge in [0.25, 0.3) is 10.0 Å². The number of sulfonamides is 1. The first-order valence-electron chi connectivity index (χ1n) is 12.2. The highest BCUT2D eigenvalue weighted by atomic mass is 35.5. The van der Waals surface area contributed by atoms with Gasteiger partial charge in [-0.25, -0.2) is 0 Å². The lowest BCUT2D eigenvalue weighted by Crippen LogP contribution is -2.53. The molecule has 1 heterocycles. The number of nitrogens with zero attached hydrogens (tertiary/aromatic N) is 3. The molecule has 0 saturated heterocycles. The summed E-state index contributed by atoms with van der Waals surface area (Å²) in [6.07, 6.45) is 5.07. The molecular formula is C28H30ClN3O2S. The van der Waals surface area contributed by atoms with Gasteiger partial charge in [-0.1, -0.05) is 91.0 Å². The van der Waals surface area contributed by atoms with Gasteiger partial charge in [-0.3, -0.25) is 4.90 Å². The molecular weight excluding hydrogens is 478 g/mol. The van der Waals surface area contributed by atoms with Crippen LogP contribution in [0, 0.1) is 6.92 Å². The van der Waals surface area contributed by atoms with Gasteiger partial charge in [-0.2, -0.15) is 17.9 Å². The molecule has 0 spiro atoms. The largest absolute Gasteiger partial charge is 0.280 e. The average molecular weight is 508 g/mol. The summed E-state index contributed by atoms with van der Waals surface area (Å²) < 4.78 is 29.6. The van der Waals surface area contributed by atoms with E-state index in [9.17, 15) is 8.42 Å². The fourth-order valence-corrected chi connectivity index (χ4v) is 6.60. The van der Waals surface area contributed by atoms with Crippen LogP contribution in [-0.2, 0) is 10.0 Å². The van der Waals surface area contributed by atoms with E-state index in [0.717, 1.165) is 48.1 Å². The van der Waals surface area contributed by atoms with Gasteiger partial charge in [0.05, 0.1) is 10.6 Å². The van der Waals surface area contributed by atoms with E-state index in [1.807, 2.05) is 73.7 Å². The van der Waals surface area contributed by atoms with Gasteiger partial charge in [-0.05, 0) is 55.2 Å². The van der Waals surface area contributed by atoms with Crippen LogP contribution in [0.1, 0.15) is 55.0 Å². The van der Waals surface area contributed by atoms with Crippen molar-refractivity contribution < 1.29 is 8.42 Å². The smallest absolute Gasteiger partial charge is 0.268 e. The Bertz CT molecular complexity index is 1290. The van der Waals surface area contributed by atoms with Crippen molar-refractivity contribution in [1.29, 1.82) is 0 Å². The van der Waals surface area contributed by atoms with E-state index in [2.05, 4.69) is 4.90 Å². The number of rotatable bonds is 5. The van der Waals surface area contributed by atoms with Crippen molar-refractivity contribution in [2.45, 2.75) is 56.1 Å². The van der Waals surface area contributed by atoms with E-state index in [1.165, 1.54) is 10.8 Å². The zero-order chi connectivity index (χ0) is 24.4. The van der Waals surface area contributed by atoms with Crippen LogP contribution < -0.4 is 0 Å². The summed E-state index contributed by atoms with van der Waals surface area (Å²) in [4.78, 5) is 2.58. The molecule has 1 saturated carbocycles. The molecule has 1 aliphatic carbocycles. The van der Waals surface area contributed by atoms with Crippen molar-refractivity contribution in [3.05, 3.63) is 101 Å². The summed E-state index contributed by atoms with van der Waals surface area (Å²) in [5.41, 5.74) is 3.57. The predicted molar refractivity (Wildman–Crippen MR) is 141 cm³/mol. The third kappa shape index (κ3) is 5.01. The van der Waals surface area contributed by atoms with Crippen molar-refractivity contribution in [2.24, 2.45) is 5.10 Å². The minimum atomic E-state index is -3.93. The third-order valence-corrected chi connectivity index (χ3v) is 8.85. The summed E-state index contributed by atoms with van der Waals surface area (Å²) in [5.74, 6) is 0. The van der Waals surface area contributed by atoms with Crippen LogP contribution in [0.5, 0.6) is 0 Å². The molecule has 182 valence electrons. The number of hydrogen-bond donors (Lipinski definition) is 0. The van der Waals surface area contributed by atoms with Crippen LogP contribution in [0.3, 0.4) is 0 Å². The van der Waals surface area contributed by atoms with Crippen LogP contribution in [0.15, 0.2) is 88.9 Å². The molecule has 0 amide bonds. The standard InChI is InChI=1S/C28H30ClN3O2S/c1-21-12-18-26(19-13-21)35(33,34)32-28(23-14-16-24(29)17-15-23)31(25-10-6-3-7-11-25)20-27(30-32)22-8-4-2-5-9-22/h2,4-5,8-9,12-19,25,28H,3,6-7,10-11,20H2,1H3. The first-order valence-corrected chi connectivity index (χ1v) is 14.0. The van der Waals surface area contributed by atoms with Gasteiger partial charge in [0.15, 0.2) is 0 Å². The van der Waals surface area contributed by atoms with Gasteiger partial charge in [-0.15, -0.1) is 0 Å². The van der Waals surface area contributed by atoms with E-state index >= 15 is 0 Å². The van der Waals surface area contributed by atoms with Crippen molar-refractivity contribution in [2.75, 3.05) is 6.54 Å². The molecule has 0 radical (unpaired) electrons. The molecule has 7 heteroatoms. The molecule has 5 nitrogen and oxygen atoms in total. The predicted octanol–water partition coefficient (Wildman–Crippen LogP) is 6.39. The number of benzene rings is 3. The van der Waals surface area contributed by atoms with E-state index in [4.69, 9.17) is 16.7 Å². The van der Waals surface area contributed by atoms with Gasteiger partial charge < -0.3 is 0 Å². The van der Waals surface area contributed by atoms with Crippen molar-refractivity contribution in [3.63, 3.8) is 0 Å². The molecule has 2 aliphatic rings. The van der Waals surface area contributed by atoms with Crippen LogP contribution >= 0.6 is 11.6 Å².